The zero-order chi connectivity index (χ0) is 14.7. The molecular weight excluding hydrogens is 268 g/mol. The van der Waals surface area contributed by atoms with Gasteiger partial charge in [0, 0.05) is 12.6 Å². The van der Waals surface area contributed by atoms with Gasteiger partial charge < -0.3 is 10.4 Å². The molecule has 0 heterocycles. The van der Waals surface area contributed by atoms with Crippen molar-refractivity contribution in [3.05, 3.63) is 35.4 Å². The summed E-state index contributed by atoms with van der Waals surface area (Å²) in [6, 6.07) is 2.72. The fraction of sp³-hybridized carbons (Fsp3) is 0.429. The zero-order valence-corrected chi connectivity index (χ0v) is 10.7. The minimum Gasteiger partial charge on any atom is -0.481 e. The Bertz CT molecular complexity index is 533. The second-order valence-corrected chi connectivity index (χ2v) is 4.97. The van der Waals surface area contributed by atoms with E-state index < -0.39 is 29.4 Å². The van der Waals surface area contributed by atoms with Crippen molar-refractivity contribution in [1.29, 1.82) is 0 Å². The Morgan fingerprint density at radius 1 is 1.30 bits per heavy atom. The van der Waals surface area contributed by atoms with Crippen LogP contribution in [0, 0.1) is 23.5 Å². The van der Waals surface area contributed by atoms with E-state index in [-0.39, 0.29) is 18.0 Å². The fourth-order valence-electron chi connectivity index (χ4n) is 2.60. The summed E-state index contributed by atoms with van der Waals surface area (Å²) in [5.74, 6) is -3.80. The van der Waals surface area contributed by atoms with Gasteiger partial charge in [0.2, 0.25) is 0 Å². The van der Waals surface area contributed by atoms with Gasteiger partial charge in [-0.15, -0.1) is 0 Å². The average molecular weight is 283 g/mol. The topological polar surface area (TPSA) is 66.4 Å². The van der Waals surface area contributed by atoms with Gasteiger partial charge in [0.15, 0.2) is 0 Å². The van der Waals surface area contributed by atoms with Crippen LogP contribution in [0.15, 0.2) is 18.2 Å². The van der Waals surface area contributed by atoms with Gasteiger partial charge in [-0.2, -0.15) is 0 Å². The molecule has 1 aliphatic rings. The summed E-state index contributed by atoms with van der Waals surface area (Å²) in [4.78, 5) is 22.8. The summed E-state index contributed by atoms with van der Waals surface area (Å²) in [5, 5.41) is 11.5. The van der Waals surface area contributed by atoms with Gasteiger partial charge in [-0.25, -0.2) is 8.78 Å². The molecule has 1 aromatic carbocycles. The largest absolute Gasteiger partial charge is 0.481 e. The first-order chi connectivity index (χ1) is 9.49. The minimum atomic E-state index is -0.927. The smallest absolute Gasteiger partial charge is 0.306 e. The van der Waals surface area contributed by atoms with Crippen molar-refractivity contribution in [2.75, 3.05) is 6.54 Å². The lowest BCUT2D eigenvalue weighted by molar-refractivity contribution is -0.142. The summed E-state index contributed by atoms with van der Waals surface area (Å²) >= 11 is 0. The van der Waals surface area contributed by atoms with E-state index in [2.05, 4.69) is 5.32 Å². The van der Waals surface area contributed by atoms with Crippen molar-refractivity contribution in [2.24, 2.45) is 11.8 Å². The standard InChI is InChI=1S/C14H15F2NO3/c15-9-4-5-11(12(16)6-9)13(18)17-7-8-2-1-3-10(8)14(19)20/h4-6,8,10H,1-3,7H2,(H,17,18)(H,19,20). The van der Waals surface area contributed by atoms with Crippen LogP contribution in [0.2, 0.25) is 0 Å². The molecule has 0 spiro atoms. The third-order valence-corrected chi connectivity index (χ3v) is 3.68. The maximum Gasteiger partial charge on any atom is 0.306 e. The number of hydrogen-bond donors (Lipinski definition) is 2. The summed E-state index contributed by atoms with van der Waals surface area (Å²) in [6.45, 7) is 0.187. The molecule has 0 radical (unpaired) electrons. The molecule has 2 N–H and O–H groups in total. The first-order valence-electron chi connectivity index (χ1n) is 6.45. The van der Waals surface area contributed by atoms with E-state index >= 15 is 0 Å². The summed E-state index contributed by atoms with van der Waals surface area (Å²) in [5.41, 5.74) is -0.240. The van der Waals surface area contributed by atoms with Gasteiger partial charge in [-0.1, -0.05) is 6.42 Å². The van der Waals surface area contributed by atoms with Crippen molar-refractivity contribution < 1.29 is 23.5 Å². The number of hydrogen-bond acceptors (Lipinski definition) is 2. The Balaban J connectivity index is 1.97. The highest BCUT2D eigenvalue weighted by molar-refractivity contribution is 5.94. The highest BCUT2D eigenvalue weighted by Gasteiger charge is 2.33. The molecule has 2 rings (SSSR count). The predicted octanol–water partition coefficient (Wildman–Crippen LogP) is 2.20. The molecule has 2 atom stereocenters. The number of carboxylic acid groups (broad SMARTS) is 1. The van der Waals surface area contributed by atoms with Crippen LogP contribution < -0.4 is 5.32 Å². The van der Waals surface area contributed by atoms with Gasteiger partial charge in [0.05, 0.1) is 11.5 Å². The summed E-state index contributed by atoms with van der Waals surface area (Å²) < 4.78 is 26.2. The number of carbonyl (C=O) groups excluding carboxylic acids is 1. The van der Waals surface area contributed by atoms with E-state index in [9.17, 15) is 18.4 Å². The first kappa shape index (κ1) is 14.4. The molecule has 1 fully saturated rings. The second kappa shape index (κ2) is 5.98. The maximum absolute atomic E-state index is 13.4. The molecule has 1 saturated carbocycles. The predicted molar refractivity (Wildman–Crippen MR) is 67.2 cm³/mol. The molecule has 0 aliphatic heterocycles. The Morgan fingerprint density at radius 2 is 2.05 bits per heavy atom. The molecule has 4 nitrogen and oxygen atoms in total. The van der Waals surface area contributed by atoms with E-state index in [4.69, 9.17) is 5.11 Å². The number of aliphatic carboxylic acids is 1. The second-order valence-electron chi connectivity index (χ2n) is 4.97. The van der Waals surface area contributed by atoms with Crippen molar-refractivity contribution in [1.82, 2.24) is 5.32 Å². The highest BCUT2D eigenvalue weighted by atomic mass is 19.1. The SMILES string of the molecule is O=C(NCC1CCCC1C(=O)O)c1ccc(F)cc1F. The number of nitrogens with one attached hydrogen (secondary N) is 1. The van der Waals surface area contributed by atoms with Gasteiger partial charge in [0.25, 0.3) is 5.91 Å². The minimum absolute atomic E-state index is 0.139. The van der Waals surface area contributed by atoms with E-state index in [0.717, 1.165) is 25.0 Å². The van der Waals surface area contributed by atoms with Crippen LogP contribution in [0.5, 0.6) is 0 Å². The monoisotopic (exact) mass is 283 g/mol. The van der Waals surface area contributed by atoms with E-state index in [1.807, 2.05) is 0 Å². The van der Waals surface area contributed by atoms with Crippen LogP contribution in [0.25, 0.3) is 0 Å². The van der Waals surface area contributed by atoms with Crippen molar-refractivity contribution in [2.45, 2.75) is 19.3 Å². The van der Waals surface area contributed by atoms with Crippen molar-refractivity contribution in [3.8, 4) is 0 Å². The van der Waals surface area contributed by atoms with Crippen LogP contribution in [0.4, 0.5) is 8.78 Å². The molecule has 1 amide bonds. The molecule has 0 saturated heterocycles. The van der Waals surface area contributed by atoms with Gasteiger partial charge in [-0.05, 0) is 30.9 Å². The first-order valence-corrected chi connectivity index (χ1v) is 6.45. The van der Waals surface area contributed by atoms with Crippen molar-refractivity contribution >= 4 is 11.9 Å². The molecule has 20 heavy (non-hydrogen) atoms. The number of amides is 1. The zero-order valence-electron chi connectivity index (χ0n) is 10.7. The lowest BCUT2D eigenvalue weighted by Crippen LogP contribution is -2.33. The normalized spacial score (nSPS) is 21.7. The van der Waals surface area contributed by atoms with Crippen LogP contribution in [-0.4, -0.2) is 23.5 Å². The van der Waals surface area contributed by atoms with Crippen LogP contribution in [-0.2, 0) is 4.79 Å². The Labute approximate surface area is 114 Å². The van der Waals surface area contributed by atoms with E-state index in [0.29, 0.717) is 12.5 Å². The van der Waals surface area contributed by atoms with Crippen LogP contribution in [0.1, 0.15) is 29.6 Å². The summed E-state index contributed by atoms with van der Waals surface area (Å²) in [7, 11) is 0. The number of carbonyl (C=O) groups is 2. The molecule has 0 bridgehead atoms. The Hall–Kier alpha value is -1.98. The number of carboxylic acids is 1. The number of benzene rings is 1. The lowest BCUT2D eigenvalue weighted by atomic mass is 9.96. The molecule has 1 aliphatic carbocycles. The van der Waals surface area contributed by atoms with E-state index in [1.54, 1.807) is 0 Å². The summed E-state index contributed by atoms with van der Waals surface area (Å²) in [6.07, 6.45) is 2.13. The number of rotatable bonds is 4. The highest BCUT2D eigenvalue weighted by Crippen LogP contribution is 2.31. The molecule has 1 aromatic rings. The molecule has 6 heteroatoms. The third-order valence-electron chi connectivity index (χ3n) is 3.68. The van der Waals surface area contributed by atoms with Gasteiger partial charge in [-0.3, -0.25) is 9.59 Å². The molecule has 108 valence electrons. The molecular formula is C14H15F2NO3. The Kier molecular flexibility index (Phi) is 4.32. The lowest BCUT2D eigenvalue weighted by Gasteiger charge is -2.16. The Morgan fingerprint density at radius 3 is 2.70 bits per heavy atom. The molecule has 0 aromatic heterocycles. The fourth-order valence-corrected chi connectivity index (χ4v) is 2.60. The van der Waals surface area contributed by atoms with Crippen molar-refractivity contribution in [3.63, 3.8) is 0 Å². The van der Waals surface area contributed by atoms with Crippen LogP contribution in [0.3, 0.4) is 0 Å². The quantitative estimate of drug-likeness (QED) is 0.890. The average Bonchev–Trinajstić information content (AvgIpc) is 2.84. The van der Waals surface area contributed by atoms with Crippen LogP contribution >= 0.6 is 0 Å². The van der Waals surface area contributed by atoms with E-state index in [1.165, 1.54) is 0 Å². The number of halogens is 2. The third kappa shape index (κ3) is 3.12. The maximum atomic E-state index is 13.4. The van der Waals surface area contributed by atoms with Gasteiger partial charge >= 0.3 is 5.97 Å². The van der Waals surface area contributed by atoms with Gasteiger partial charge in [0.1, 0.15) is 11.6 Å². The molecule has 2 unspecified atom stereocenters.